The van der Waals surface area contributed by atoms with Crippen molar-refractivity contribution in [3.05, 3.63) is 119 Å². The molecule has 1 amide bonds. The summed E-state index contributed by atoms with van der Waals surface area (Å²) in [4.78, 5) is 30.8. The number of aromatic amines is 1. The van der Waals surface area contributed by atoms with Crippen LogP contribution in [0.5, 0.6) is 11.5 Å². The maximum Gasteiger partial charge on any atom is 0.284 e. The van der Waals surface area contributed by atoms with Gasteiger partial charge in [0.1, 0.15) is 22.8 Å². The van der Waals surface area contributed by atoms with Gasteiger partial charge in [-0.3, -0.25) is 9.59 Å². The van der Waals surface area contributed by atoms with Crippen LogP contribution in [0.3, 0.4) is 0 Å². The molecule has 1 aromatic heterocycles. The van der Waals surface area contributed by atoms with Crippen molar-refractivity contribution >= 4 is 17.3 Å². The SMILES string of the molecule is CN(C)c1ccc(-c2nnc3[nH]ccc(Oc4ccc(NC(=O)c5ccnn(-c6ccc(F)cc6)c5=O)cc4F)c2-3)cc1. The molecule has 0 fully saturated rings. The lowest BCUT2D eigenvalue weighted by Gasteiger charge is -2.14. The summed E-state index contributed by atoms with van der Waals surface area (Å²) in [6.45, 7) is 0. The number of H-pyrrole nitrogens is 1. The van der Waals surface area contributed by atoms with Crippen molar-refractivity contribution in [3.63, 3.8) is 0 Å². The number of rotatable bonds is 7. The number of nitrogens with zero attached hydrogens (tertiary/aromatic N) is 5. The summed E-state index contributed by atoms with van der Waals surface area (Å²) in [6, 6.07) is 19.6. The van der Waals surface area contributed by atoms with Crippen molar-refractivity contribution < 1.29 is 18.3 Å². The second-order valence-corrected chi connectivity index (χ2v) is 9.70. The van der Waals surface area contributed by atoms with Gasteiger partial charge in [0.05, 0.1) is 11.3 Å². The molecule has 214 valence electrons. The highest BCUT2D eigenvalue weighted by Crippen LogP contribution is 2.40. The number of fused-ring (bicyclic) bond motifs is 1. The van der Waals surface area contributed by atoms with Crippen molar-refractivity contribution in [2.45, 2.75) is 0 Å². The van der Waals surface area contributed by atoms with E-state index in [-0.39, 0.29) is 22.7 Å². The Balaban J connectivity index is 1.24. The van der Waals surface area contributed by atoms with Gasteiger partial charge in [-0.2, -0.15) is 9.78 Å². The number of anilines is 2. The lowest BCUT2D eigenvalue weighted by atomic mass is 10.1. The van der Waals surface area contributed by atoms with Gasteiger partial charge in [-0.1, -0.05) is 12.1 Å². The summed E-state index contributed by atoms with van der Waals surface area (Å²) >= 11 is 0. The summed E-state index contributed by atoms with van der Waals surface area (Å²) in [7, 11) is 3.90. The largest absolute Gasteiger partial charge is 0.453 e. The quantitative estimate of drug-likeness (QED) is 0.256. The average molecular weight is 580 g/mol. The predicted molar refractivity (Wildman–Crippen MR) is 157 cm³/mol. The third kappa shape index (κ3) is 5.40. The van der Waals surface area contributed by atoms with Gasteiger partial charge in [-0.05, 0) is 60.7 Å². The molecule has 43 heavy (non-hydrogen) atoms. The molecular formula is C31H23F2N7O3. The topological polar surface area (TPSA) is 118 Å². The van der Waals surface area contributed by atoms with Gasteiger partial charge in [-0.25, -0.2) is 8.78 Å². The molecule has 3 heterocycles. The Bertz CT molecular complexity index is 1970. The molecule has 0 saturated carbocycles. The van der Waals surface area contributed by atoms with Crippen molar-refractivity contribution in [1.29, 1.82) is 0 Å². The molecule has 2 aliphatic heterocycles. The molecule has 10 nitrogen and oxygen atoms in total. The van der Waals surface area contributed by atoms with Gasteiger partial charge in [0.15, 0.2) is 17.4 Å². The zero-order valence-corrected chi connectivity index (χ0v) is 22.9. The number of carbonyl (C=O) groups is 1. The number of ether oxygens (including phenoxy) is 1. The van der Waals surface area contributed by atoms with Crippen LogP contribution in [0.15, 0.2) is 96.1 Å². The molecule has 0 radical (unpaired) electrons. The van der Waals surface area contributed by atoms with Crippen LogP contribution in [-0.2, 0) is 0 Å². The zero-order valence-electron chi connectivity index (χ0n) is 22.9. The smallest absolute Gasteiger partial charge is 0.284 e. The summed E-state index contributed by atoms with van der Waals surface area (Å²) < 4.78 is 35.5. The fraction of sp³-hybridized carbons (Fsp3) is 0.0645. The van der Waals surface area contributed by atoms with E-state index in [0.717, 1.165) is 22.0 Å². The Kier molecular flexibility index (Phi) is 7.08. The van der Waals surface area contributed by atoms with Crippen molar-refractivity contribution in [2.24, 2.45) is 0 Å². The fourth-order valence-electron chi connectivity index (χ4n) is 4.46. The summed E-state index contributed by atoms with van der Waals surface area (Å²) in [6.07, 6.45) is 2.89. The number of amides is 1. The van der Waals surface area contributed by atoms with E-state index < -0.39 is 23.1 Å². The average Bonchev–Trinajstić information content (AvgIpc) is 3.44. The second-order valence-electron chi connectivity index (χ2n) is 9.70. The lowest BCUT2D eigenvalue weighted by molar-refractivity contribution is 0.102. The number of nitrogens with one attached hydrogen (secondary N) is 2. The molecule has 3 aromatic carbocycles. The number of pyridine rings is 1. The summed E-state index contributed by atoms with van der Waals surface area (Å²) in [5.41, 5.74) is 2.41. The molecule has 0 spiro atoms. The van der Waals surface area contributed by atoms with Crippen LogP contribution in [-0.4, -0.2) is 45.0 Å². The first-order valence-electron chi connectivity index (χ1n) is 13.0. The number of halogens is 2. The van der Waals surface area contributed by atoms with Crippen LogP contribution in [0.2, 0.25) is 0 Å². The Labute approximate surface area is 243 Å². The van der Waals surface area contributed by atoms with E-state index in [2.05, 4.69) is 25.6 Å². The Hall–Kier alpha value is -5.91. The molecule has 0 bridgehead atoms. The monoisotopic (exact) mass is 579 g/mol. The highest BCUT2D eigenvalue weighted by Gasteiger charge is 2.22. The number of hydrogen-bond donors (Lipinski definition) is 2. The van der Waals surface area contributed by atoms with Gasteiger partial charge in [0, 0.05) is 49.5 Å². The first kappa shape index (κ1) is 27.3. The van der Waals surface area contributed by atoms with Crippen LogP contribution >= 0.6 is 0 Å². The first-order chi connectivity index (χ1) is 20.8. The Morgan fingerprint density at radius 1 is 0.930 bits per heavy atom. The standard InChI is InChI=1S/C31H23F2N7O3/c1-39(2)21-8-3-18(4-9-21)28-27-26(14-15-34-29(27)38-37-28)43-25-12-7-20(17-24(25)33)36-30(41)23-13-16-35-40(31(23)42)22-10-5-19(32)6-11-22/h3-17H,1-2H3,(H,36,41)(H,34,37,38). The molecule has 6 rings (SSSR count). The van der Waals surface area contributed by atoms with E-state index in [4.69, 9.17) is 4.74 Å². The minimum Gasteiger partial charge on any atom is -0.453 e. The number of hydrogen-bond acceptors (Lipinski definition) is 7. The van der Waals surface area contributed by atoms with Gasteiger partial charge >= 0.3 is 0 Å². The maximum atomic E-state index is 15.2. The molecule has 2 N–H and O–H groups in total. The molecular weight excluding hydrogens is 556 g/mol. The summed E-state index contributed by atoms with van der Waals surface area (Å²) in [5, 5.41) is 15.0. The highest BCUT2D eigenvalue weighted by molar-refractivity contribution is 6.04. The summed E-state index contributed by atoms with van der Waals surface area (Å²) in [5.74, 6) is -1.29. The van der Waals surface area contributed by atoms with Crippen LogP contribution in [0.4, 0.5) is 20.2 Å². The fourth-order valence-corrected chi connectivity index (χ4v) is 4.46. The van der Waals surface area contributed by atoms with E-state index in [1.807, 2.05) is 43.3 Å². The van der Waals surface area contributed by atoms with Gasteiger partial charge < -0.3 is 19.9 Å². The van der Waals surface area contributed by atoms with Crippen LogP contribution in [0.25, 0.3) is 28.3 Å². The number of aromatic nitrogens is 5. The molecule has 2 aliphatic rings. The number of benzene rings is 3. The molecule has 0 aliphatic carbocycles. The minimum atomic E-state index is -0.768. The molecule has 0 unspecified atom stereocenters. The lowest BCUT2D eigenvalue weighted by Crippen LogP contribution is -2.29. The van der Waals surface area contributed by atoms with E-state index in [9.17, 15) is 14.0 Å². The Morgan fingerprint density at radius 3 is 2.42 bits per heavy atom. The van der Waals surface area contributed by atoms with Crippen molar-refractivity contribution in [3.8, 4) is 39.8 Å². The number of carbonyl (C=O) groups excluding carboxylic acids is 1. The van der Waals surface area contributed by atoms with E-state index in [1.54, 1.807) is 12.3 Å². The molecule has 0 saturated heterocycles. The molecule has 0 atom stereocenters. The van der Waals surface area contributed by atoms with Crippen LogP contribution < -0.4 is 20.5 Å². The molecule has 12 heteroatoms. The third-order valence-corrected chi connectivity index (χ3v) is 6.65. The molecule has 4 aromatic rings. The van der Waals surface area contributed by atoms with E-state index in [0.29, 0.717) is 22.8 Å². The van der Waals surface area contributed by atoms with Gasteiger partial charge in [-0.15, -0.1) is 10.2 Å². The van der Waals surface area contributed by atoms with Crippen molar-refractivity contribution in [1.82, 2.24) is 25.0 Å². The normalized spacial score (nSPS) is 11.0. The van der Waals surface area contributed by atoms with Crippen LogP contribution in [0.1, 0.15) is 10.4 Å². The maximum absolute atomic E-state index is 15.2. The minimum absolute atomic E-state index is 0.0943. The third-order valence-electron chi connectivity index (χ3n) is 6.65. The highest BCUT2D eigenvalue weighted by atomic mass is 19.1. The Morgan fingerprint density at radius 2 is 1.70 bits per heavy atom. The van der Waals surface area contributed by atoms with Crippen molar-refractivity contribution in [2.75, 3.05) is 24.3 Å². The van der Waals surface area contributed by atoms with Gasteiger partial charge in [0.2, 0.25) is 0 Å². The zero-order chi connectivity index (χ0) is 30.1. The van der Waals surface area contributed by atoms with Gasteiger partial charge in [0.25, 0.3) is 11.5 Å². The predicted octanol–water partition coefficient (Wildman–Crippen LogP) is 5.51. The van der Waals surface area contributed by atoms with E-state index in [1.165, 1.54) is 48.7 Å². The first-order valence-corrected chi connectivity index (χ1v) is 13.0. The van der Waals surface area contributed by atoms with Crippen LogP contribution in [0, 0.1) is 11.6 Å². The second kappa shape index (κ2) is 11.2. The van der Waals surface area contributed by atoms with E-state index >= 15 is 4.39 Å².